The molecule has 68 valence electrons. The van der Waals surface area contributed by atoms with Crippen molar-refractivity contribution in [1.29, 1.82) is 0 Å². The molecule has 1 aromatic carbocycles. The molecule has 0 N–H and O–H groups in total. The Hall–Kier alpha value is -1.02. The van der Waals surface area contributed by atoms with Gasteiger partial charge in [-0.2, -0.15) is 0 Å². The van der Waals surface area contributed by atoms with Crippen LogP contribution in [0.15, 0.2) is 45.7 Å². The van der Waals surface area contributed by atoms with Gasteiger partial charge in [0.25, 0.3) is 0 Å². The molecule has 0 spiro atoms. The fraction of sp³-hybridized carbons (Fsp3) is 0.182. The van der Waals surface area contributed by atoms with Crippen LogP contribution in [0.3, 0.4) is 0 Å². The number of rotatable bonds is 3. The maximum atomic E-state index is 4.17. The van der Waals surface area contributed by atoms with Crippen molar-refractivity contribution in [1.82, 2.24) is 0 Å². The summed E-state index contributed by atoms with van der Waals surface area (Å²) in [5.41, 5.74) is 1.28. The first-order valence-corrected chi connectivity index (χ1v) is 4.98. The van der Waals surface area contributed by atoms with Crippen LogP contribution in [0.1, 0.15) is 12.5 Å². The van der Waals surface area contributed by atoms with Crippen LogP contribution >= 0.6 is 11.9 Å². The summed E-state index contributed by atoms with van der Waals surface area (Å²) in [4.78, 5) is 1.17. The zero-order chi connectivity index (χ0) is 9.52. The molecule has 0 fully saturated rings. The lowest BCUT2D eigenvalue weighted by Gasteiger charge is -1.94. The molecule has 1 rings (SSSR count). The Labute approximate surface area is 83.7 Å². The van der Waals surface area contributed by atoms with Crippen molar-refractivity contribution in [2.24, 2.45) is 4.40 Å². The van der Waals surface area contributed by atoms with Gasteiger partial charge in [0, 0.05) is 23.1 Å². The molecule has 0 unspecified atom stereocenters. The number of hydrogen-bond donors (Lipinski definition) is 0. The second-order valence-corrected chi connectivity index (χ2v) is 3.55. The van der Waals surface area contributed by atoms with Gasteiger partial charge in [0.05, 0.1) is 0 Å². The van der Waals surface area contributed by atoms with Crippen LogP contribution in [0.5, 0.6) is 0 Å². The molecule has 0 bridgehead atoms. The highest BCUT2D eigenvalue weighted by Crippen LogP contribution is 2.18. The number of nitrogens with zero attached hydrogens (tertiary/aromatic N) is 1. The molecule has 0 radical (unpaired) electrons. The van der Waals surface area contributed by atoms with Crippen molar-refractivity contribution >= 4 is 18.2 Å². The first kappa shape index (κ1) is 10.1. The van der Waals surface area contributed by atoms with E-state index in [1.165, 1.54) is 22.4 Å². The van der Waals surface area contributed by atoms with Crippen molar-refractivity contribution in [3.05, 3.63) is 42.0 Å². The van der Waals surface area contributed by atoms with Crippen molar-refractivity contribution < 1.29 is 0 Å². The molecule has 0 amide bonds. The van der Waals surface area contributed by atoms with E-state index in [0.29, 0.717) is 0 Å². The Kier molecular flexibility index (Phi) is 4.33. The van der Waals surface area contributed by atoms with E-state index >= 15 is 0 Å². The lowest BCUT2D eigenvalue weighted by atomic mass is 10.2. The fourth-order valence-electron chi connectivity index (χ4n) is 0.812. The van der Waals surface area contributed by atoms with E-state index < -0.39 is 0 Å². The highest BCUT2D eigenvalue weighted by Gasteiger charge is 1.89. The van der Waals surface area contributed by atoms with Crippen molar-refractivity contribution in [2.75, 3.05) is 0 Å². The Morgan fingerprint density at radius 2 is 1.92 bits per heavy atom. The van der Waals surface area contributed by atoms with Gasteiger partial charge in [0.2, 0.25) is 0 Å². The Bertz CT molecular complexity index is 298. The Balaban J connectivity index is 2.50. The van der Waals surface area contributed by atoms with E-state index in [0.717, 1.165) is 0 Å². The molecule has 1 aromatic rings. The maximum absolute atomic E-state index is 4.17. The number of allylic oxidation sites excluding steroid dienone is 2. The normalized spacial score (nSPS) is 11.5. The molecule has 2 heteroatoms. The van der Waals surface area contributed by atoms with Crippen molar-refractivity contribution in [3.63, 3.8) is 0 Å². The SMILES string of the molecule is C/C=C/C=N/Sc1ccc(C)cc1. The third kappa shape index (κ3) is 3.95. The number of benzene rings is 1. The molecular weight excluding hydrogens is 178 g/mol. The van der Waals surface area contributed by atoms with Gasteiger partial charge >= 0.3 is 0 Å². The molecule has 0 heterocycles. The molecule has 1 nitrogen and oxygen atoms in total. The van der Waals surface area contributed by atoms with Crippen LogP contribution in [0.2, 0.25) is 0 Å². The average molecular weight is 191 g/mol. The van der Waals surface area contributed by atoms with Crippen LogP contribution in [-0.2, 0) is 0 Å². The summed E-state index contributed by atoms with van der Waals surface area (Å²) < 4.78 is 4.17. The lowest BCUT2D eigenvalue weighted by molar-refractivity contribution is 1.38. The van der Waals surface area contributed by atoms with Gasteiger partial charge in [-0.15, -0.1) is 0 Å². The quantitative estimate of drug-likeness (QED) is 0.524. The number of aryl methyl sites for hydroxylation is 1. The van der Waals surface area contributed by atoms with Gasteiger partial charge < -0.3 is 0 Å². The Morgan fingerprint density at radius 3 is 2.54 bits per heavy atom. The van der Waals surface area contributed by atoms with Crippen LogP contribution in [0.4, 0.5) is 0 Å². The van der Waals surface area contributed by atoms with Crippen LogP contribution < -0.4 is 0 Å². The standard InChI is InChI=1S/C11H13NS/c1-3-4-9-12-13-11-7-5-10(2)6-8-11/h3-9H,1-2H3/b4-3+,12-9+. The zero-order valence-electron chi connectivity index (χ0n) is 7.90. The second-order valence-electron chi connectivity index (χ2n) is 2.68. The summed E-state index contributed by atoms with van der Waals surface area (Å²) in [6.07, 6.45) is 5.67. The van der Waals surface area contributed by atoms with Gasteiger partial charge in [-0.25, -0.2) is 4.40 Å². The molecule has 0 aliphatic heterocycles. The van der Waals surface area contributed by atoms with Gasteiger partial charge in [-0.1, -0.05) is 23.8 Å². The van der Waals surface area contributed by atoms with Crippen molar-refractivity contribution in [2.45, 2.75) is 18.7 Å². The lowest BCUT2D eigenvalue weighted by Crippen LogP contribution is -1.71. The third-order valence-corrected chi connectivity index (χ3v) is 2.23. The second kappa shape index (κ2) is 5.60. The predicted molar refractivity (Wildman–Crippen MR) is 60.3 cm³/mol. The van der Waals surface area contributed by atoms with E-state index in [1.807, 2.05) is 19.1 Å². The van der Waals surface area contributed by atoms with Gasteiger partial charge in [-0.05, 0) is 32.1 Å². The van der Waals surface area contributed by atoms with Gasteiger partial charge in [-0.3, -0.25) is 0 Å². The summed E-state index contributed by atoms with van der Waals surface area (Å²) in [6.45, 7) is 4.06. The minimum atomic E-state index is 1.17. The average Bonchev–Trinajstić information content (AvgIpc) is 2.15. The largest absolute Gasteiger partial charge is 0.219 e. The first-order valence-electron chi connectivity index (χ1n) is 4.21. The Morgan fingerprint density at radius 1 is 1.23 bits per heavy atom. The van der Waals surface area contributed by atoms with Gasteiger partial charge in [0.15, 0.2) is 0 Å². The molecule has 0 aliphatic rings. The molecular formula is C11H13NS. The fourth-order valence-corrected chi connectivity index (χ4v) is 1.32. The van der Waals surface area contributed by atoms with Gasteiger partial charge in [0.1, 0.15) is 0 Å². The summed E-state index contributed by atoms with van der Waals surface area (Å²) in [5, 5.41) is 0. The molecule has 0 atom stereocenters. The van der Waals surface area contributed by atoms with E-state index in [9.17, 15) is 0 Å². The van der Waals surface area contributed by atoms with E-state index in [-0.39, 0.29) is 0 Å². The molecule has 0 saturated heterocycles. The molecule has 0 aromatic heterocycles. The monoisotopic (exact) mass is 191 g/mol. The maximum Gasteiger partial charge on any atom is 0.0352 e. The first-order chi connectivity index (χ1) is 6.33. The third-order valence-electron chi connectivity index (χ3n) is 1.52. The molecule has 0 aliphatic carbocycles. The molecule has 13 heavy (non-hydrogen) atoms. The predicted octanol–water partition coefficient (Wildman–Crippen LogP) is 3.65. The number of hydrogen-bond acceptors (Lipinski definition) is 2. The zero-order valence-corrected chi connectivity index (χ0v) is 8.71. The summed E-state index contributed by atoms with van der Waals surface area (Å²) in [5.74, 6) is 0. The smallest absolute Gasteiger partial charge is 0.0352 e. The van der Waals surface area contributed by atoms with E-state index in [1.54, 1.807) is 6.21 Å². The minimum Gasteiger partial charge on any atom is -0.219 e. The van der Waals surface area contributed by atoms with Crippen molar-refractivity contribution in [3.8, 4) is 0 Å². The summed E-state index contributed by atoms with van der Waals surface area (Å²) in [6, 6.07) is 8.33. The minimum absolute atomic E-state index is 1.17. The van der Waals surface area contributed by atoms with E-state index in [2.05, 4.69) is 35.6 Å². The summed E-state index contributed by atoms with van der Waals surface area (Å²) >= 11 is 1.49. The highest BCUT2D eigenvalue weighted by atomic mass is 32.2. The van der Waals surface area contributed by atoms with Crippen LogP contribution in [-0.4, -0.2) is 6.21 Å². The topological polar surface area (TPSA) is 12.4 Å². The summed E-state index contributed by atoms with van der Waals surface area (Å²) in [7, 11) is 0. The van der Waals surface area contributed by atoms with E-state index in [4.69, 9.17) is 0 Å². The van der Waals surface area contributed by atoms with Crippen LogP contribution in [0, 0.1) is 6.92 Å². The van der Waals surface area contributed by atoms with Crippen LogP contribution in [0.25, 0.3) is 0 Å². The highest BCUT2D eigenvalue weighted by molar-refractivity contribution is 7.98. The molecule has 0 saturated carbocycles.